The molecule has 6 nitrogen and oxygen atoms in total. The van der Waals surface area contributed by atoms with Crippen molar-refractivity contribution in [2.24, 2.45) is 7.05 Å². The number of aryl methyl sites for hydroxylation is 1. The van der Waals surface area contributed by atoms with Crippen molar-refractivity contribution >= 4 is 66.0 Å². The lowest BCUT2D eigenvalue weighted by atomic mass is 10.3. The molecule has 2 heterocycles. The van der Waals surface area contributed by atoms with Gasteiger partial charge < -0.3 is 4.57 Å². The Kier molecular flexibility index (Phi) is 5.02. The van der Waals surface area contributed by atoms with Crippen LogP contribution >= 0.6 is 43.2 Å². The van der Waals surface area contributed by atoms with Crippen molar-refractivity contribution < 1.29 is 9.59 Å². The molecule has 0 radical (unpaired) electrons. The zero-order chi connectivity index (χ0) is 17.3. The van der Waals surface area contributed by atoms with E-state index >= 15 is 0 Å². The van der Waals surface area contributed by atoms with Crippen LogP contribution in [0.15, 0.2) is 38.6 Å². The topological polar surface area (TPSA) is 76.0 Å². The second-order valence-corrected chi connectivity index (χ2v) is 8.21. The summed E-state index contributed by atoms with van der Waals surface area (Å²) >= 11 is 7.92. The molecule has 2 N–H and O–H groups in total. The fourth-order valence-corrected chi connectivity index (χ4v) is 4.12. The van der Waals surface area contributed by atoms with Crippen LogP contribution in [-0.2, 0) is 18.3 Å². The number of hydrogen-bond donors (Lipinski definition) is 2. The number of fused-ring (bicyclic) bond motifs is 1. The standard InChI is InChI=1S/C15H12Br2N4O2S/c1-21-10-5-3-2-4-9(10)18-12(21)7-13(22)19-20-15(23)11-6-8(16)14(17)24-11/h2-6H,7H2,1H3,(H,19,22)(H,20,23). The van der Waals surface area contributed by atoms with Crippen molar-refractivity contribution in [1.82, 2.24) is 20.4 Å². The third-order valence-corrected chi connectivity index (χ3v) is 6.64. The molecule has 24 heavy (non-hydrogen) atoms. The van der Waals surface area contributed by atoms with Crippen LogP contribution in [0.2, 0.25) is 0 Å². The van der Waals surface area contributed by atoms with E-state index in [0.717, 1.165) is 19.3 Å². The Morgan fingerprint density at radius 3 is 2.67 bits per heavy atom. The van der Waals surface area contributed by atoms with Crippen LogP contribution in [0.5, 0.6) is 0 Å². The van der Waals surface area contributed by atoms with Gasteiger partial charge in [0.2, 0.25) is 5.91 Å². The highest BCUT2D eigenvalue weighted by atomic mass is 79.9. The zero-order valence-electron chi connectivity index (χ0n) is 12.5. The summed E-state index contributed by atoms with van der Waals surface area (Å²) in [5.41, 5.74) is 6.61. The molecule has 2 amide bonds. The monoisotopic (exact) mass is 470 g/mol. The van der Waals surface area contributed by atoms with E-state index in [9.17, 15) is 9.59 Å². The first-order valence-electron chi connectivity index (χ1n) is 6.90. The largest absolute Gasteiger partial charge is 0.331 e. The van der Waals surface area contributed by atoms with Crippen LogP contribution in [-0.4, -0.2) is 21.4 Å². The summed E-state index contributed by atoms with van der Waals surface area (Å²) in [4.78, 5) is 29.0. The smallest absolute Gasteiger partial charge is 0.279 e. The molecular formula is C15H12Br2N4O2S. The molecule has 0 aliphatic heterocycles. The van der Waals surface area contributed by atoms with Gasteiger partial charge in [-0.1, -0.05) is 12.1 Å². The number of hydrogen-bond acceptors (Lipinski definition) is 4. The van der Waals surface area contributed by atoms with Gasteiger partial charge in [0.1, 0.15) is 5.82 Å². The van der Waals surface area contributed by atoms with Crippen molar-refractivity contribution in [2.45, 2.75) is 6.42 Å². The van der Waals surface area contributed by atoms with Crippen molar-refractivity contribution in [3.63, 3.8) is 0 Å². The Morgan fingerprint density at radius 1 is 1.25 bits per heavy atom. The SMILES string of the molecule is Cn1c(CC(=O)NNC(=O)c2cc(Br)c(Br)s2)nc2ccccc21. The number of imidazole rings is 1. The summed E-state index contributed by atoms with van der Waals surface area (Å²) in [6.07, 6.45) is 0.0727. The summed E-state index contributed by atoms with van der Waals surface area (Å²) in [6, 6.07) is 9.34. The average molecular weight is 472 g/mol. The molecule has 3 aromatic rings. The second kappa shape index (κ2) is 7.04. The Bertz CT molecular complexity index is 915. The third kappa shape index (κ3) is 3.52. The van der Waals surface area contributed by atoms with Gasteiger partial charge in [-0.2, -0.15) is 0 Å². The average Bonchev–Trinajstić information content (AvgIpc) is 3.06. The molecule has 0 aliphatic rings. The maximum absolute atomic E-state index is 12.1. The number of rotatable bonds is 3. The van der Waals surface area contributed by atoms with Gasteiger partial charge in [-0.25, -0.2) is 4.98 Å². The predicted molar refractivity (Wildman–Crippen MR) is 99.7 cm³/mol. The summed E-state index contributed by atoms with van der Waals surface area (Å²) in [5, 5.41) is 0. The Labute approximate surface area is 158 Å². The number of amides is 2. The van der Waals surface area contributed by atoms with E-state index in [1.807, 2.05) is 35.9 Å². The number of thiophene rings is 1. The Hall–Kier alpha value is -1.71. The van der Waals surface area contributed by atoms with Gasteiger partial charge in [-0.3, -0.25) is 20.4 Å². The van der Waals surface area contributed by atoms with Crippen LogP contribution in [0.25, 0.3) is 11.0 Å². The number of hydrazine groups is 1. The summed E-state index contributed by atoms with van der Waals surface area (Å²) < 4.78 is 3.48. The first-order valence-corrected chi connectivity index (χ1v) is 9.30. The molecule has 2 aromatic heterocycles. The molecular weight excluding hydrogens is 460 g/mol. The van der Waals surface area contributed by atoms with Crippen LogP contribution in [0, 0.1) is 0 Å². The van der Waals surface area contributed by atoms with E-state index in [-0.39, 0.29) is 18.2 Å². The van der Waals surface area contributed by atoms with Gasteiger partial charge >= 0.3 is 0 Å². The van der Waals surface area contributed by atoms with Gasteiger partial charge in [0.15, 0.2) is 0 Å². The molecule has 0 unspecified atom stereocenters. The number of halogens is 2. The summed E-state index contributed by atoms with van der Waals surface area (Å²) in [6.45, 7) is 0. The predicted octanol–water partition coefficient (Wildman–Crippen LogP) is 3.16. The van der Waals surface area contributed by atoms with Crippen LogP contribution in [0.1, 0.15) is 15.5 Å². The van der Waals surface area contributed by atoms with E-state index in [1.165, 1.54) is 11.3 Å². The zero-order valence-corrected chi connectivity index (χ0v) is 16.5. The van der Waals surface area contributed by atoms with Gasteiger partial charge in [-0.05, 0) is 50.1 Å². The lowest BCUT2D eigenvalue weighted by Crippen LogP contribution is -2.42. The molecule has 0 aliphatic carbocycles. The minimum absolute atomic E-state index is 0.0727. The fraction of sp³-hybridized carbons (Fsp3) is 0.133. The van der Waals surface area contributed by atoms with Crippen molar-refractivity contribution in [3.05, 3.63) is 49.3 Å². The Balaban J connectivity index is 1.63. The minimum atomic E-state index is -0.371. The molecule has 1 aromatic carbocycles. The maximum atomic E-state index is 12.1. The van der Waals surface area contributed by atoms with Crippen LogP contribution in [0.4, 0.5) is 0 Å². The molecule has 0 fully saturated rings. The molecule has 0 saturated carbocycles. The van der Waals surface area contributed by atoms with E-state index in [0.29, 0.717) is 10.7 Å². The highest BCUT2D eigenvalue weighted by Gasteiger charge is 2.15. The molecule has 0 saturated heterocycles. The highest BCUT2D eigenvalue weighted by molar-refractivity contribution is 9.13. The molecule has 0 spiro atoms. The Morgan fingerprint density at radius 2 is 2.00 bits per heavy atom. The molecule has 3 rings (SSSR count). The van der Waals surface area contributed by atoms with Crippen molar-refractivity contribution in [2.75, 3.05) is 0 Å². The van der Waals surface area contributed by atoms with Crippen LogP contribution in [0.3, 0.4) is 0 Å². The quantitative estimate of drug-likeness (QED) is 0.576. The minimum Gasteiger partial charge on any atom is -0.331 e. The lowest BCUT2D eigenvalue weighted by Gasteiger charge is -2.06. The van der Waals surface area contributed by atoms with Gasteiger partial charge in [0.25, 0.3) is 5.91 Å². The molecule has 124 valence electrons. The number of benzene rings is 1. The van der Waals surface area contributed by atoms with E-state index in [4.69, 9.17) is 0 Å². The number of aromatic nitrogens is 2. The first-order chi connectivity index (χ1) is 11.5. The van der Waals surface area contributed by atoms with Gasteiger partial charge in [0, 0.05) is 11.5 Å². The van der Waals surface area contributed by atoms with E-state index in [1.54, 1.807) is 6.07 Å². The third-order valence-electron chi connectivity index (χ3n) is 3.38. The van der Waals surface area contributed by atoms with Crippen molar-refractivity contribution in [3.8, 4) is 0 Å². The number of nitrogens with zero attached hydrogens (tertiary/aromatic N) is 2. The molecule has 9 heteroatoms. The summed E-state index contributed by atoms with van der Waals surface area (Å²) in [7, 11) is 1.86. The van der Waals surface area contributed by atoms with E-state index in [2.05, 4.69) is 47.7 Å². The maximum Gasteiger partial charge on any atom is 0.279 e. The normalized spacial score (nSPS) is 10.8. The second-order valence-electron chi connectivity index (χ2n) is 4.99. The van der Waals surface area contributed by atoms with Crippen molar-refractivity contribution in [1.29, 1.82) is 0 Å². The number of para-hydroxylation sites is 2. The van der Waals surface area contributed by atoms with Gasteiger partial charge in [0.05, 0.1) is 26.1 Å². The molecule has 0 atom stereocenters. The van der Waals surface area contributed by atoms with E-state index < -0.39 is 0 Å². The first kappa shape index (κ1) is 17.1. The summed E-state index contributed by atoms with van der Waals surface area (Å²) in [5.74, 6) is -0.0780. The van der Waals surface area contributed by atoms with Gasteiger partial charge in [-0.15, -0.1) is 11.3 Å². The lowest BCUT2D eigenvalue weighted by molar-refractivity contribution is -0.121. The fourth-order valence-electron chi connectivity index (χ4n) is 2.19. The van der Waals surface area contributed by atoms with Crippen LogP contribution < -0.4 is 10.9 Å². The number of carbonyl (C=O) groups is 2. The highest BCUT2D eigenvalue weighted by Crippen LogP contribution is 2.32. The number of nitrogens with one attached hydrogen (secondary N) is 2. The molecule has 0 bridgehead atoms. The number of carbonyl (C=O) groups excluding carboxylic acids is 2.